The van der Waals surface area contributed by atoms with Crippen LogP contribution in [0.15, 0.2) is 36.7 Å². The summed E-state index contributed by atoms with van der Waals surface area (Å²) in [6.07, 6.45) is 6.65. The van der Waals surface area contributed by atoms with Gasteiger partial charge in [-0.05, 0) is 66.8 Å². The van der Waals surface area contributed by atoms with Gasteiger partial charge in [0.15, 0.2) is 0 Å². The number of carbonyl (C=O) groups is 3. The molecule has 3 N–H and O–H groups in total. The third-order valence-electron chi connectivity index (χ3n) is 9.01. The van der Waals surface area contributed by atoms with E-state index in [1.807, 2.05) is 19.0 Å². The Kier molecular flexibility index (Phi) is 8.68. The first-order valence-corrected chi connectivity index (χ1v) is 17.7. The lowest BCUT2D eigenvalue weighted by atomic mass is 9.91. The van der Waals surface area contributed by atoms with Crippen molar-refractivity contribution in [2.45, 2.75) is 62.1 Å². The van der Waals surface area contributed by atoms with Crippen LogP contribution in [0.1, 0.15) is 64.7 Å². The van der Waals surface area contributed by atoms with Gasteiger partial charge in [0.2, 0.25) is 17.7 Å². The summed E-state index contributed by atoms with van der Waals surface area (Å²) < 4.78 is 26.2. The molecule has 11 nitrogen and oxygen atoms in total. The number of carbonyl (C=O) groups excluding carboxylic acids is 3. The molecule has 0 saturated carbocycles. The summed E-state index contributed by atoms with van der Waals surface area (Å²) in [7, 11) is -1.19. The zero-order valence-corrected chi connectivity index (χ0v) is 27.2. The van der Waals surface area contributed by atoms with Gasteiger partial charge >= 0.3 is 7.60 Å². The number of anilines is 1. The SMILES string of the molecule is CN(C)c1cncc(C2CN(C(=O)[C@@H]3CC[C@@H]4CCC[C@H](NC(=O)c5cc6cc([C@H](F)P(=O)(O)O)ccc6s5)C(=O)N43)C2)c1Cl. The Bertz CT molecular complexity index is 1710. The Morgan fingerprint density at radius 2 is 1.91 bits per heavy atom. The van der Waals surface area contributed by atoms with E-state index in [-0.39, 0.29) is 34.2 Å². The summed E-state index contributed by atoms with van der Waals surface area (Å²) in [4.78, 5) is 69.2. The first-order valence-electron chi connectivity index (χ1n) is 14.8. The maximum absolute atomic E-state index is 14.2. The molecular weight excluding hydrogens is 644 g/mol. The van der Waals surface area contributed by atoms with Gasteiger partial charge in [-0.1, -0.05) is 17.7 Å². The van der Waals surface area contributed by atoms with Crippen LogP contribution >= 0.6 is 30.5 Å². The fourth-order valence-corrected chi connectivity index (χ4v) is 8.51. The second-order valence-corrected chi connectivity index (χ2v) is 15.3. The van der Waals surface area contributed by atoms with Crippen molar-refractivity contribution in [1.29, 1.82) is 0 Å². The molecule has 3 fully saturated rings. The molecule has 3 aliphatic rings. The van der Waals surface area contributed by atoms with Crippen LogP contribution in [-0.2, 0) is 14.2 Å². The maximum atomic E-state index is 14.2. The first kappa shape index (κ1) is 31.9. The number of pyridine rings is 1. The minimum absolute atomic E-state index is 0.0582. The quantitative estimate of drug-likeness (QED) is 0.312. The highest BCUT2D eigenvalue weighted by molar-refractivity contribution is 7.51. The molecule has 3 amide bonds. The molecule has 3 aromatic rings. The van der Waals surface area contributed by atoms with Crippen LogP contribution in [0.5, 0.6) is 0 Å². The zero-order valence-electron chi connectivity index (χ0n) is 24.7. The average molecular weight is 678 g/mol. The molecule has 4 atom stereocenters. The Morgan fingerprint density at radius 3 is 2.62 bits per heavy atom. The van der Waals surface area contributed by atoms with E-state index in [1.165, 1.54) is 24.3 Å². The lowest BCUT2D eigenvalue weighted by molar-refractivity contribution is -0.148. The predicted octanol–water partition coefficient (Wildman–Crippen LogP) is 4.43. The molecule has 0 unspecified atom stereocenters. The van der Waals surface area contributed by atoms with Gasteiger partial charge in [-0.15, -0.1) is 11.3 Å². The molecule has 240 valence electrons. The van der Waals surface area contributed by atoms with Gasteiger partial charge in [-0.2, -0.15) is 0 Å². The van der Waals surface area contributed by atoms with Crippen LogP contribution < -0.4 is 10.2 Å². The molecular formula is C30H34ClFN5O6PS. The van der Waals surface area contributed by atoms with Crippen molar-refractivity contribution < 1.29 is 33.1 Å². The molecule has 15 heteroatoms. The minimum atomic E-state index is -4.98. The predicted molar refractivity (Wildman–Crippen MR) is 169 cm³/mol. The maximum Gasteiger partial charge on any atom is 0.363 e. The Hall–Kier alpha value is -3.09. The number of rotatable bonds is 7. The topological polar surface area (TPSA) is 143 Å². The van der Waals surface area contributed by atoms with Gasteiger partial charge in [0.1, 0.15) is 12.1 Å². The smallest absolute Gasteiger partial charge is 0.363 e. The summed E-state index contributed by atoms with van der Waals surface area (Å²) in [5, 5.41) is 3.95. The Labute approximate surface area is 268 Å². The fraction of sp³-hybridized carbons (Fsp3) is 0.467. The number of likely N-dealkylation sites (tertiary alicyclic amines) is 1. The van der Waals surface area contributed by atoms with Gasteiger partial charge in [0.05, 0.1) is 21.8 Å². The van der Waals surface area contributed by atoms with E-state index >= 15 is 0 Å². The Balaban J connectivity index is 1.13. The van der Waals surface area contributed by atoms with Crippen molar-refractivity contribution in [3.05, 3.63) is 57.7 Å². The first-order chi connectivity index (χ1) is 21.3. The van der Waals surface area contributed by atoms with Crippen LogP contribution in [0.4, 0.5) is 10.1 Å². The number of amides is 3. The molecule has 1 aromatic carbocycles. The molecule has 3 aliphatic heterocycles. The van der Waals surface area contributed by atoms with Crippen molar-refractivity contribution in [1.82, 2.24) is 20.1 Å². The average Bonchev–Trinajstić information content (AvgIpc) is 3.56. The number of hydrogen-bond donors (Lipinski definition) is 3. The van der Waals surface area contributed by atoms with Crippen LogP contribution in [0.2, 0.25) is 5.02 Å². The van der Waals surface area contributed by atoms with Crippen LogP contribution in [0.3, 0.4) is 0 Å². The van der Waals surface area contributed by atoms with Crippen molar-refractivity contribution in [3.63, 3.8) is 0 Å². The molecule has 0 spiro atoms. The second-order valence-electron chi connectivity index (χ2n) is 12.2. The fourth-order valence-electron chi connectivity index (χ4n) is 6.59. The van der Waals surface area contributed by atoms with Crippen molar-refractivity contribution in [2.75, 3.05) is 32.1 Å². The molecule has 0 bridgehead atoms. The van der Waals surface area contributed by atoms with E-state index in [1.54, 1.807) is 22.2 Å². The number of nitrogens with zero attached hydrogens (tertiary/aromatic N) is 4. The van der Waals surface area contributed by atoms with E-state index in [9.17, 15) is 33.1 Å². The van der Waals surface area contributed by atoms with Gasteiger partial charge in [-0.25, -0.2) is 4.39 Å². The van der Waals surface area contributed by atoms with E-state index in [0.29, 0.717) is 47.5 Å². The van der Waals surface area contributed by atoms with E-state index in [4.69, 9.17) is 11.6 Å². The number of alkyl halides is 1. The van der Waals surface area contributed by atoms with E-state index in [0.717, 1.165) is 35.4 Å². The normalized spacial score (nSPS) is 23.0. The summed E-state index contributed by atoms with van der Waals surface area (Å²) in [6.45, 7) is 0.983. The van der Waals surface area contributed by atoms with Gasteiger partial charge < -0.3 is 29.8 Å². The van der Waals surface area contributed by atoms with Crippen LogP contribution in [-0.4, -0.2) is 87.6 Å². The summed E-state index contributed by atoms with van der Waals surface area (Å²) in [6, 6.07) is 4.19. The summed E-state index contributed by atoms with van der Waals surface area (Å²) in [5.74, 6) is -3.24. The van der Waals surface area contributed by atoms with Crippen LogP contribution in [0.25, 0.3) is 10.1 Å². The highest BCUT2D eigenvalue weighted by atomic mass is 35.5. The van der Waals surface area contributed by atoms with Gasteiger partial charge in [0.25, 0.3) is 5.91 Å². The lowest BCUT2D eigenvalue weighted by Gasteiger charge is -2.43. The number of nitrogens with one attached hydrogen (secondary N) is 1. The zero-order chi connectivity index (χ0) is 32.2. The summed E-state index contributed by atoms with van der Waals surface area (Å²) in [5.41, 5.74) is 1.54. The minimum Gasteiger partial charge on any atom is -0.375 e. The largest absolute Gasteiger partial charge is 0.375 e. The van der Waals surface area contributed by atoms with Crippen LogP contribution in [0, 0.1) is 0 Å². The number of fused-ring (bicyclic) bond motifs is 2. The molecule has 2 aromatic heterocycles. The monoisotopic (exact) mass is 677 g/mol. The number of thiophene rings is 1. The number of aromatic nitrogens is 1. The molecule has 5 heterocycles. The third kappa shape index (κ3) is 6.08. The molecule has 3 saturated heterocycles. The highest BCUT2D eigenvalue weighted by Gasteiger charge is 2.48. The highest BCUT2D eigenvalue weighted by Crippen LogP contribution is 2.53. The van der Waals surface area contributed by atoms with Gasteiger partial charge in [0, 0.05) is 50.0 Å². The van der Waals surface area contributed by atoms with Gasteiger partial charge in [-0.3, -0.25) is 23.9 Å². The third-order valence-corrected chi connectivity index (χ3v) is 11.4. The molecule has 6 rings (SSSR count). The standard InChI is InChI=1S/C30H34ClFN5O6PS/c1-35(2)23-13-33-12-20(26(23)31)18-14-36(15-18)30(40)22-8-7-19-4-3-5-21(29(39)37(19)22)34-28(38)25-11-17-10-16(6-9-24(17)45-25)27(32)44(41,42)43/h6,9-13,18-19,21-22,27H,3-5,7-8,14-15H2,1-2H3,(H,34,38)(H2,41,42,43)/t19-,21-,22-,27+/m0/s1. The van der Waals surface area contributed by atoms with Crippen molar-refractivity contribution in [3.8, 4) is 0 Å². The van der Waals surface area contributed by atoms with Crippen molar-refractivity contribution >= 4 is 64.0 Å². The number of benzene rings is 1. The molecule has 0 aliphatic carbocycles. The second kappa shape index (κ2) is 12.3. The number of hydrogen-bond acceptors (Lipinski definition) is 7. The molecule has 0 radical (unpaired) electrons. The molecule has 45 heavy (non-hydrogen) atoms. The number of halogens is 2. The van der Waals surface area contributed by atoms with Crippen molar-refractivity contribution in [2.24, 2.45) is 0 Å². The summed E-state index contributed by atoms with van der Waals surface area (Å²) >= 11 is 7.78. The van der Waals surface area contributed by atoms with E-state index in [2.05, 4.69) is 10.3 Å². The Morgan fingerprint density at radius 1 is 1.16 bits per heavy atom. The lowest BCUT2D eigenvalue weighted by Crippen LogP contribution is -2.58. The van der Waals surface area contributed by atoms with E-state index < -0.39 is 31.5 Å².